The van der Waals surface area contributed by atoms with Crippen LogP contribution < -0.4 is 26.0 Å². The molecule has 12 heteroatoms. The number of methoxy groups -OCH3 is 1. The Bertz CT molecular complexity index is 1320. The molecule has 1 aromatic heterocycles. The maximum absolute atomic E-state index is 14.7. The third-order valence-electron chi connectivity index (χ3n) is 4.58. The lowest BCUT2D eigenvalue weighted by molar-refractivity contribution is -0.116. The zero-order valence-electron chi connectivity index (χ0n) is 18.6. The van der Waals surface area contributed by atoms with Crippen LogP contribution in [0.3, 0.4) is 0 Å². The van der Waals surface area contributed by atoms with Crippen LogP contribution in [0, 0.1) is 5.82 Å². The number of aromatic nitrogens is 2. The Balaban J connectivity index is 1.93. The van der Waals surface area contributed by atoms with Crippen molar-refractivity contribution in [2.75, 3.05) is 30.1 Å². The van der Waals surface area contributed by atoms with E-state index in [-0.39, 0.29) is 45.2 Å². The molecular weight excluding hydrogens is 479 g/mol. The summed E-state index contributed by atoms with van der Waals surface area (Å²) in [6.07, 6.45) is 2.33. The van der Waals surface area contributed by atoms with Crippen molar-refractivity contribution < 1.29 is 23.5 Å². The van der Waals surface area contributed by atoms with Gasteiger partial charge >= 0.3 is 0 Å². The maximum atomic E-state index is 14.7. The highest BCUT2D eigenvalue weighted by molar-refractivity contribution is 6.44. The minimum Gasteiger partial charge on any atom is -0.494 e. The third kappa shape index (κ3) is 5.89. The number of ketones is 1. The molecule has 0 aliphatic rings. The second-order valence-electron chi connectivity index (χ2n) is 6.82. The van der Waals surface area contributed by atoms with E-state index in [4.69, 9.17) is 16.3 Å². The minimum absolute atomic E-state index is 0.0444. The average molecular weight is 499 g/mol. The lowest BCUT2D eigenvalue weighted by Crippen LogP contribution is -2.28. The van der Waals surface area contributed by atoms with E-state index < -0.39 is 23.4 Å². The van der Waals surface area contributed by atoms with Gasteiger partial charge in [-0.05, 0) is 24.3 Å². The minimum atomic E-state index is -0.787. The second-order valence-corrected chi connectivity index (χ2v) is 7.23. The van der Waals surface area contributed by atoms with E-state index in [2.05, 4.69) is 37.8 Å². The van der Waals surface area contributed by atoms with Gasteiger partial charge in [-0.2, -0.15) is 4.98 Å². The molecule has 2 aromatic carbocycles. The molecular formula is C23H20ClFN6O4. The predicted octanol–water partition coefficient (Wildman–Crippen LogP) is 3.82. The van der Waals surface area contributed by atoms with Crippen LogP contribution in [0.1, 0.15) is 10.4 Å². The first-order valence-electron chi connectivity index (χ1n) is 10.00. The van der Waals surface area contributed by atoms with Crippen LogP contribution in [0.5, 0.6) is 5.75 Å². The van der Waals surface area contributed by atoms with Crippen LogP contribution in [0.4, 0.5) is 33.2 Å². The first kappa shape index (κ1) is 25.1. The van der Waals surface area contributed by atoms with E-state index in [9.17, 15) is 18.8 Å². The molecule has 4 N–H and O–H groups in total. The number of hydrogen-bond acceptors (Lipinski definition) is 8. The molecule has 0 atom stereocenters. The van der Waals surface area contributed by atoms with Gasteiger partial charge in [0.25, 0.3) is 11.7 Å². The lowest BCUT2D eigenvalue weighted by Gasteiger charge is -2.15. The number of halogens is 2. The average Bonchev–Trinajstić information content (AvgIpc) is 2.87. The van der Waals surface area contributed by atoms with E-state index in [1.54, 1.807) is 18.2 Å². The Morgan fingerprint density at radius 1 is 1.11 bits per heavy atom. The summed E-state index contributed by atoms with van der Waals surface area (Å²) in [5, 5.41) is 10.5. The normalized spacial score (nSPS) is 10.2. The number of likely N-dealkylation sites (N-methyl/N-ethyl adjacent to an activating group) is 1. The van der Waals surface area contributed by atoms with Crippen LogP contribution in [0.2, 0.25) is 5.02 Å². The molecule has 35 heavy (non-hydrogen) atoms. The Labute approximate surface area is 204 Å². The number of nitrogens with one attached hydrogen (secondary N) is 4. The van der Waals surface area contributed by atoms with Gasteiger partial charge in [0.2, 0.25) is 11.9 Å². The van der Waals surface area contributed by atoms with Crippen molar-refractivity contribution in [2.24, 2.45) is 0 Å². The predicted molar refractivity (Wildman–Crippen MR) is 130 cm³/mol. The molecule has 3 rings (SSSR count). The first-order chi connectivity index (χ1) is 16.8. The Morgan fingerprint density at radius 2 is 1.86 bits per heavy atom. The fourth-order valence-corrected chi connectivity index (χ4v) is 3.03. The number of hydrogen-bond donors (Lipinski definition) is 4. The third-order valence-corrected chi connectivity index (χ3v) is 4.86. The Hall–Kier alpha value is -4.51. The molecule has 3 aromatic rings. The highest BCUT2D eigenvalue weighted by Crippen LogP contribution is 2.33. The smallest absolute Gasteiger partial charge is 0.292 e. The summed E-state index contributed by atoms with van der Waals surface area (Å²) < 4.78 is 19.8. The molecule has 1 heterocycles. The van der Waals surface area contributed by atoms with Gasteiger partial charge < -0.3 is 26.0 Å². The van der Waals surface area contributed by atoms with Crippen molar-refractivity contribution in [3.8, 4) is 5.75 Å². The summed E-state index contributed by atoms with van der Waals surface area (Å²) >= 11 is 6.21. The number of nitrogens with zero attached hydrogens (tertiary/aromatic N) is 2. The molecule has 0 aliphatic heterocycles. The van der Waals surface area contributed by atoms with Crippen molar-refractivity contribution in [2.45, 2.75) is 0 Å². The quantitative estimate of drug-likeness (QED) is 0.199. The highest BCUT2D eigenvalue weighted by Gasteiger charge is 2.19. The largest absolute Gasteiger partial charge is 0.494 e. The summed E-state index contributed by atoms with van der Waals surface area (Å²) in [5.41, 5.74) is 0.501. The summed E-state index contributed by atoms with van der Waals surface area (Å²) in [5.74, 6) is -2.61. The van der Waals surface area contributed by atoms with Crippen molar-refractivity contribution in [3.05, 3.63) is 71.7 Å². The van der Waals surface area contributed by atoms with Gasteiger partial charge in [0.05, 0.1) is 35.9 Å². The Morgan fingerprint density at radius 3 is 2.54 bits per heavy atom. The standard InChI is InChI=1S/C23H20ClFN6O4/c1-4-19(32)28-17-10-16(14(25)9-18(17)35-3)30-23-27-11-13(24)21(31-23)29-15-8-6-5-7-12(15)20(33)22(34)26-2/h4-11H,1H2,2-3H3,(H,26,34)(H,28,32)(H2,27,29,30,31). The second kappa shape index (κ2) is 11.1. The van der Waals surface area contributed by atoms with Gasteiger partial charge in [0, 0.05) is 13.1 Å². The number of carbonyl (C=O) groups is 3. The van der Waals surface area contributed by atoms with E-state index in [1.807, 2.05) is 0 Å². The number of ether oxygens (including phenoxy) is 1. The van der Waals surface area contributed by atoms with Crippen molar-refractivity contribution in [3.63, 3.8) is 0 Å². The van der Waals surface area contributed by atoms with Gasteiger partial charge in [-0.25, -0.2) is 9.37 Å². The number of anilines is 5. The summed E-state index contributed by atoms with van der Waals surface area (Å²) in [6.45, 7) is 3.38. The van der Waals surface area contributed by atoms with E-state index >= 15 is 0 Å². The molecule has 0 radical (unpaired) electrons. The van der Waals surface area contributed by atoms with Crippen LogP contribution in [0.15, 0.2) is 55.3 Å². The molecule has 10 nitrogen and oxygen atoms in total. The molecule has 0 bridgehead atoms. The fraction of sp³-hybridized carbons (Fsp3) is 0.0870. The molecule has 0 saturated heterocycles. The van der Waals surface area contributed by atoms with E-state index in [0.29, 0.717) is 0 Å². The zero-order chi connectivity index (χ0) is 25.5. The lowest BCUT2D eigenvalue weighted by atomic mass is 10.1. The topological polar surface area (TPSA) is 134 Å². The number of rotatable bonds is 9. The monoisotopic (exact) mass is 498 g/mol. The SMILES string of the molecule is C=CC(=O)Nc1cc(Nc2ncc(Cl)c(Nc3ccccc3C(=O)C(=O)NC)n2)c(F)cc1OC. The molecule has 0 saturated carbocycles. The number of carbonyl (C=O) groups excluding carboxylic acids is 3. The van der Waals surface area contributed by atoms with Gasteiger partial charge in [0.15, 0.2) is 11.6 Å². The van der Waals surface area contributed by atoms with Crippen molar-refractivity contribution in [1.29, 1.82) is 0 Å². The number of amides is 2. The number of benzene rings is 2. The van der Waals surface area contributed by atoms with E-state index in [1.165, 1.54) is 32.5 Å². The van der Waals surface area contributed by atoms with Gasteiger partial charge in [-0.3, -0.25) is 14.4 Å². The van der Waals surface area contributed by atoms with Crippen LogP contribution in [0.25, 0.3) is 0 Å². The summed E-state index contributed by atoms with van der Waals surface area (Å²) in [6, 6.07) is 8.68. The molecule has 0 aliphatic carbocycles. The van der Waals surface area contributed by atoms with E-state index in [0.717, 1.165) is 12.1 Å². The summed E-state index contributed by atoms with van der Waals surface area (Å²) in [7, 11) is 2.68. The van der Waals surface area contributed by atoms with Crippen LogP contribution in [-0.2, 0) is 9.59 Å². The van der Waals surface area contributed by atoms with Crippen LogP contribution in [-0.4, -0.2) is 41.7 Å². The molecule has 0 unspecified atom stereocenters. The van der Waals surface area contributed by atoms with Gasteiger partial charge in [-0.15, -0.1) is 0 Å². The fourth-order valence-electron chi connectivity index (χ4n) is 2.89. The Kier molecular flexibility index (Phi) is 7.95. The van der Waals surface area contributed by atoms with Crippen LogP contribution >= 0.6 is 11.6 Å². The number of para-hydroxylation sites is 1. The zero-order valence-corrected chi connectivity index (χ0v) is 19.4. The molecule has 0 spiro atoms. The molecule has 0 fully saturated rings. The number of Topliss-reactive ketones (excluding diaryl/α,β-unsaturated/α-hetero) is 1. The van der Waals surface area contributed by atoms with Crippen molar-refractivity contribution >= 4 is 58.0 Å². The molecule has 180 valence electrons. The molecule has 2 amide bonds. The van der Waals surface area contributed by atoms with Gasteiger partial charge in [0.1, 0.15) is 10.8 Å². The van der Waals surface area contributed by atoms with Gasteiger partial charge in [-0.1, -0.05) is 30.3 Å². The first-order valence-corrected chi connectivity index (χ1v) is 10.4. The van der Waals surface area contributed by atoms with Crippen molar-refractivity contribution in [1.82, 2.24) is 15.3 Å². The highest BCUT2D eigenvalue weighted by atomic mass is 35.5. The maximum Gasteiger partial charge on any atom is 0.292 e. The summed E-state index contributed by atoms with van der Waals surface area (Å²) in [4.78, 5) is 44.2.